The Balaban J connectivity index is 2.48. The molecular formula is C13H11FN2O2. The lowest BCUT2D eigenvalue weighted by atomic mass is 10.0. The van der Waals surface area contributed by atoms with Crippen LogP contribution in [-0.2, 0) is 6.54 Å². The van der Waals surface area contributed by atoms with E-state index in [2.05, 4.69) is 0 Å². The Kier molecular flexibility index (Phi) is 3.34. The zero-order chi connectivity index (χ0) is 13.1. The molecule has 2 rings (SSSR count). The van der Waals surface area contributed by atoms with Crippen LogP contribution < -0.4 is 5.73 Å². The molecule has 0 bridgehead atoms. The molecule has 4 nitrogen and oxygen atoms in total. The first-order valence-corrected chi connectivity index (χ1v) is 5.35. The number of nitro groups is 1. The summed E-state index contributed by atoms with van der Waals surface area (Å²) < 4.78 is 13.8. The van der Waals surface area contributed by atoms with Crippen molar-refractivity contribution in [2.75, 3.05) is 0 Å². The number of halogens is 1. The maximum atomic E-state index is 13.8. The Morgan fingerprint density at radius 2 is 2.00 bits per heavy atom. The van der Waals surface area contributed by atoms with Crippen LogP contribution >= 0.6 is 0 Å². The van der Waals surface area contributed by atoms with Gasteiger partial charge in [0.25, 0.3) is 5.69 Å². The third-order valence-corrected chi connectivity index (χ3v) is 2.64. The van der Waals surface area contributed by atoms with Gasteiger partial charge in [-0.1, -0.05) is 24.3 Å². The van der Waals surface area contributed by atoms with Gasteiger partial charge in [0, 0.05) is 24.2 Å². The molecule has 0 aliphatic carbocycles. The van der Waals surface area contributed by atoms with Crippen LogP contribution in [0, 0.1) is 15.9 Å². The summed E-state index contributed by atoms with van der Waals surface area (Å²) >= 11 is 0. The first-order chi connectivity index (χ1) is 8.61. The molecule has 2 aromatic carbocycles. The Morgan fingerprint density at radius 1 is 1.22 bits per heavy atom. The summed E-state index contributed by atoms with van der Waals surface area (Å²) in [6, 6.07) is 10.5. The summed E-state index contributed by atoms with van der Waals surface area (Å²) in [5, 5.41) is 10.7. The Labute approximate surface area is 103 Å². The van der Waals surface area contributed by atoms with E-state index in [9.17, 15) is 14.5 Å². The molecule has 2 aromatic rings. The number of nitrogens with two attached hydrogens (primary N) is 1. The van der Waals surface area contributed by atoms with E-state index in [4.69, 9.17) is 5.73 Å². The van der Waals surface area contributed by atoms with Crippen molar-refractivity contribution in [3.8, 4) is 11.1 Å². The minimum Gasteiger partial charge on any atom is -0.326 e. The van der Waals surface area contributed by atoms with Gasteiger partial charge in [-0.15, -0.1) is 0 Å². The average Bonchev–Trinajstić information content (AvgIpc) is 2.38. The first-order valence-electron chi connectivity index (χ1n) is 5.35. The molecule has 0 radical (unpaired) electrons. The van der Waals surface area contributed by atoms with Crippen molar-refractivity contribution in [1.29, 1.82) is 0 Å². The summed E-state index contributed by atoms with van der Waals surface area (Å²) in [5.74, 6) is -0.432. The molecule has 0 unspecified atom stereocenters. The molecule has 0 amide bonds. The van der Waals surface area contributed by atoms with Crippen molar-refractivity contribution >= 4 is 5.69 Å². The van der Waals surface area contributed by atoms with E-state index in [-0.39, 0.29) is 12.2 Å². The fourth-order valence-electron chi connectivity index (χ4n) is 1.71. The van der Waals surface area contributed by atoms with Gasteiger partial charge >= 0.3 is 0 Å². The standard InChI is InChI=1S/C13H11FN2O2/c14-13-6-9(8-15)4-5-12(13)10-2-1-3-11(7-10)16(17)18/h1-7H,8,15H2. The van der Waals surface area contributed by atoms with Crippen molar-refractivity contribution in [2.45, 2.75) is 6.54 Å². The molecule has 92 valence electrons. The number of hydrogen-bond acceptors (Lipinski definition) is 3. The van der Waals surface area contributed by atoms with Crippen LogP contribution in [0.4, 0.5) is 10.1 Å². The highest BCUT2D eigenvalue weighted by Crippen LogP contribution is 2.26. The van der Waals surface area contributed by atoms with Crippen LogP contribution in [0.1, 0.15) is 5.56 Å². The van der Waals surface area contributed by atoms with E-state index in [0.717, 1.165) is 0 Å². The minimum absolute atomic E-state index is 0.0604. The summed E-state index contributed by atoms with van der Waals surface area (Å²) in [6.07, 6.45) is 0. The Morgan fingerprint density at radius 3 is 2.61 bits per heavy atom. The van der Waals surface area contributed by atoms with Gasteiger partial charge in [0.05, 0.1) is 4.92 Å². The number of rotatable bonds is 3. The van der Waals surface area contributed by atoms with Crippen molar-refractivity contribution in [1.82, 2.24) is 0 Å². The molecule has 0 aliphatic heterocycles. The van der Waals surface area contributed by atoms with Gasteiger partial charge in [0.2, 0.25) is 0 Å². The van der Waals surface area contributed by atoms with Gasteiger partial charge in [0.15, 0.2) is 0 Å². The van der Waals surface area contributed by atoms with Crippen LogP contribution in [-0.4, -0.2) is 4.92 Å². The highest BCUT2D eigenvalue weighted by Gasteiger charge is 2.10. The molecule has 0 aliphatic rings. The Hall–Kier alpha value is -2.27. The maximum Gasteiger partial charge on any atom is 0.270 e. The molecular weight excluding hydrogens is 235 g/mol. The molecule has 0 saturated carbocycles. The highest BCUT2D eigenvalue weighted by molar-refractivity contribution is 5.67. The summed E-state index contributed by atoms with van der Waals surface area (Å²) in [4.78, 5) is 10.2. The van der Waals surface area contributed by atoms with Crippen molar-refractivity contribution in [3.05, 3.63) is 64.0 Å². The number of nitrogens with zero attached hydrogens (tertiary/aromatic N) is 1. The van der Waals surface area contributed by atoms with Crippen molar-refractivity contribution in [2.24, 2.45) is 5.73 Å². The SMILES string of the molecule is NCc1ccc(-c2cccc([N+](=O)[O-])c2)c(F)c1. The van der Waals surface area contributed by atoms with E-state index >= 15 is 0 Å². The van der Waals surface area contributed by atoms with Crippen LogP contribution in [0.25, 0.3) is 11.1 Å². The lowest BCUT2D eigenvalue weighted by Crippen LogP contribution is -1.97. The van der Waals surface area contributed by atoms with E-state index in [1.165, 1.54) is 24.3 Å². The van der Waals surface area contributed by atoms with Gasteiger partial charge in [-0.05, 0) is 17.2 Å². The van der Waals surface area contributed by atoms with E-state index in [1.807, 2.05) is 0 Å². The predicted molar refractivity (Wildman–Crippen MR) is 66.4 cm³/mol. The second-order valence-electron chi connectivity index (χ2n) is 3.83. The number of non-ortho nitro benzene ring substituents is 1. The lowest BCUT2D eigenvalue weighted by Gasteiger charge is -2.05. The number of benzene rings is 2. The van der Waals surface area contributed by atoms with Crippen LogP contribution in [0.15, 0.2) is 42.5 Å². The molecule has 5 heteroatoms. The summed E-state index contributed by atoms with van der Waals surface area (Å²) in [5.41, 5.74) is 6.84. The van der Waals surface area contributed by atoms with Crippen LogP contribution in [0.5, 0.6) is 0 Å². The second-order valence-corrected chi connectivity index (χ2v) is 3.83. The summed E-state index contributed by atoms with van der Waals surface area (Å²) in [6.45, 7) is 0.256. The number of nitro benzene ring substituents is 1. The smallest absolute Gasteiger partial charge is 0.270 e. The second kappa shape index (κ2) is 4.93. The number of hydrogen-bond donors (Lipinski definition) is 1. The molecule has 0 saturated heterocycles. The third-order valence-electron chi connectivity index (χ3n) is 2.64. The molecule has 18 heavy (non-hydrogen) atoms. The van der Waals surface area contributed by atoms with Crippen LogP contribution in [0.2, 0.25) is 0 Å². The molecule has 0 heterocycles. The molecule has 0 aromatic heterocycles. The molecule has 0 atom stereocenters. The zero-order valence-electron chi connectivity index (χ0n) is 9.47. The van der Waals surface area contributed by atoms with Gasteiger partial charge in [-0.25, -0.2) is 4.39 Å². The van der Waals surface area contributed by atoms with E-state index in [1.54, 1.807) is 18.2 Å². The lowest BCUT2D eigenvalue weighted by molar-refractivity contribution is -0.384. The largest absolute Gasteiger partial charge is 0.326 e. The predicted octanol–water partition coefficient (Wildman–Crippen LogP) is 2.86. The fourth-order valence-corrected chi connectivity index (χ4v) is 1.71. The van der Waals surface area contributed by atoms with E-state index in [0.29, 0.717) is 16.7 Å². The zero-order valence-corrected chi connectivity index (χ0v) is 9.47. The molecule has 0 fully saturated rings. The minimum atomic E-state index is -0.504. The monoisotopic (exact) mass is 246 g/mol. The topological polar surface area (TPSA) is 69.2 Å². The normalized spacial score (nSPS) is 10.3. The van der Waals surface area contributed by atoms with Gasteiger partial charge in [-0.2, -0.15) is 0 Å². The van der Waals surface area contributed by atoms with Crippen molar-refractivity contribution < 1.29 is 9.31 Å². The first kappa shape index (κ1) is 12.2. The average molecular weight is 246 g/mol. The van der Waals surface area contributed by atoms with Crippen molar-refractivity contribution in [3.63, 3.8) is 0 Å². The van der Waals surface area contributed by atoms with E-state index < -0.39 is 10.7 Å². The Bertz CT molecular complexity index is 599. The van der Waals surface area contributed by atoms with Gasteiger partial charge in [0.1, 0.15) is 5.82 Å². The van der Waals surface area contributed by atoms with Gasteiger partial charge in [-0.3, -0.25) is 10.1 Å². The van der Waals surface area contributed by atoms with Crippen LogP contribution in [0.3, 0.4) is 0 Å². The highest BCUT2D eigenvalue weighted by atomic mass is 19.1. The maximum absolute atomic E-state index is 13.8. The molecule has 2 N–H and O–H groups in total. The summed E-state index contributed by atoms with van der Waals surface area (Å²) in [7, 11) is 0. The quantitative estimate of drug-likeness (QED) is 0.668. The molecule has 0 spiro atoms. The fraction of sp³-hybridized carbons (Fsp3) is 0.0769. The third kappa shape index (κ3) is 2.36. The van der Waals surface area contributed by atoms with Gasteiger partial charge < -0.3 is 5.73 Å².